The maximum absolute atomic E-state index is 5.69. The molecule has 0 atom stereocenters. The Bertz CT molecular complexity index is 1010. The van der Waals surface area contributed by atoms with Gasteiger partial charge < -0.3 is 30.2 Å². The summed E-state index contributed by atoms with van der Waals surface area (Å²) >= 11 is 0. The first-order chi connectivity index (χ1) is 14.7. The normalized spacial score (nSPS) is 13.7. The van der Waals surface area contributed by atoms with Crippen molar-refractivity contribution in [3.63, 3.8) is 0 Å². The molecular formula is C19H22N8O3. The highest BCUT2D eigenvalue weighted by Gasteiger charge is 2.19. The molecule has 3 N–H and O–H groups in total. The van der Waals surface area contributed by atoms with Crippen molar-refractivity contribution in [2.24, 2.45) is 0 Å². The monoisotopic (exact) mass is 410 g/mol. The molecule has 3 aromatic heterocycles. The molecule has 1 aliphatic rings. The molecule has 1 saturated heterocycles. The van der Waals surface area contributed by atoms with Crippen LogP contribution in [-0.2, 0) is 4.74 Å². The number of morpholine rings is 1. The molecule has 156 valence electrons. The fraction of sp³-hybridized carbons (Fsp3) is 0.316. The number of ether oxygens (including phenoxy) is 3. The Kier molecular flexibility index (Phi) is 5.70. The SMILES string of the molecule is COc1ccc(Nc2cc(N3CCOCC3)nc(-c3cnc(N)nc3OC)n2)cn1. The smallest absolute Gasteiger partial charge is 0.229 e. The molecule has 30 heavy (non-hydrogen) atoms. The van der Waals surface area contributed by atoms with Gasteiger partial charge in [-0.1, -0.05) is 0 Å². The highest BCUT2D eigenvalue weighted by Crippen LogP contribution is 2.29. The zero-order chi connectivity index (χ0) is 20.9. The van der Waals surface area contributed by atoms with Crippen molar-refractivity contribution in [1.29, 1.82) is 0 Å². The number of methoxy groups -OCH3 is 2. The van der Waals surface area contributed by atoms with Crippen molar-refractivity contribution in [2.75, 3.05) is 56.5 Å². The van der Waals surface area contributed by atoms with Crippen LogP contribution in [0.25, 0.3) is 11.4 Å². The second-order valence-electron chi connectivity index (χ2n) is 6.40. The zero-order valence-corrected chi connectivity index (χ0v) is 16.7. The summed E-state index contributed by atoms with van der Waals surface area (Å²) in [6, 6.07) is 5.50. The number of nitrogens with two attached hydrogens (primary N) is 1. The standard InChI is InChI=1S/C19H22N8O3/c1-28-16-4-3-12(10-21-16)23-14-9-15(27-5-7-30-8-6-27)25-17(24-14)13-11-22-19(20)26-18(13)29-2/h3-4,9-11H,5-8H2,1-2H3,(H2,20,22,26)(H,23,24,25). The molecule has 0 bridgehead atoms. The van der Waals surface area contributed by atoms with Crippen LogP contribution in [0.2, 0.25) is 0 Å². The first-order valence-electron chi connectivity index (χ1n) is 9.32. The first kappa shape index (κ1) is 19.6. The molecule has 1 fully saturated rings. The van der Waals surface area contributed by atoms with Gasteiger partial charge in [-0.15, -0.1) is 0 Å². The molecule has 0 aliphatic carbocycles. The van der Waals surface area contributed by atoms with Gasteiger partial charge in [0.05, 0.1) is 44.9 Å². The van der Waals surface area contributed by atoms with Gasteiger partial charge in [0.15, 0.2) is 5.82 Å². The second kappa shape index (κ2) is 8.74. The third-order valence-corrected chi connectivity index (χ3v) is 4.47. The number of nitrogen functional groups attached to an aromatic ring is 1. The minimum Gasteiger partial charge on any atom is -0.481 e. The van der Waals surface area contributed by atoms with Crippen LogP contribution in [0.1, 0.15) is 0 Å². The van der Waals surface area contributed by atoms with Crippen LogP contribution in [0.15, 0.2) is 30.6 Å². The molecule has 0 unspecified atom stereocenters. The molecule has 0 amide bonds. The molecular weight excluding hydrogens is 388 g/mol. The molecule has 11 heteroatoms. The van der Waals surface area contributed by atoms with Crippen molar-refractivity contribution in [3.8, 4) is 23.1 Å². The van der Waals surface area contributed by atoms with Crippen molar-refractivity contribution in [2.45, 2.75) is 0 Å². The molecule has 1 aliphatic heterocycles. The number of hydrogen-bond acceptors (Lipinski definition) is 11. The van der Waals surface area contributed by atoms with Crippen LogP contribution in [-0.4, -0.2) is 65.4 Å². The summed E-state index contributed by atoms with van der Waals surface area (Å²) in [5, 5.41) is 3.26. The van der Waals surface area contributed by atoms with Crippen LogP contribution in [0.3, 0.4) is 0 Å². The van der Waals surface area contributed by atoms with Crippen LogP contribution < -0.4 is 25.4 Å². The van der Waals surface area contributed by atoms with Crippen LogP contribution >= 0.6 is 0 Å². The van der Waals surface area contributed by atoms with E-state index >= 15 is 0 Å². The van der Waals surface area contributed by atoms with Gasteiger partial charge in [0.2, 0.25) is 17.7 Å². The predicted octanol–water partition coefficient (Wildman–Crippen LogP) is 1.51. The van der Waals surface area contributed by atoms with E-state index in [-0.39, 0.29) is 5.95 Å². The van der Waals surface area contributed by atoms with Gasteiger partial charge in [-0.2, -0.15) is 4.98 Å². The van der Waals surface area contributed by atoms with Crippen molar-refractivity contribution in [1.82, 2.24) is 24.9 Å². The summed E-state index contributed by atoms with van der Waals surface area (Å²) in [4.78, 5) is 23.9. The van der Waals surface area contributed by atoms with E-state index in [4.69, 9.17) is 24.9 Å². The number of rotatable bonds is 6. The van der Waals surface area contributed by atoms with E-state index in [2.05, 4.69) is 30.2 Å². The van der Waals surface area contributed by atoms with Crippen molar-refractivity contribution >= 4 is 23.3 Å². The summed E-state index contributed by atoms with van der Waals surface area (Å²) in [7, 11) is 3.09. The lowest BCUT2D eigenvalue weighted by Crippen LogP contribution is -2.36. The number of anilines is 4. The number of nitrogens with one attached hydrogen (secondary N) is 1. The molecule has 3 aromatic rings. The zero-order valence-electron chi connectivity index (χ0n) is 16.7. The quantitative estimate of drug-likeness (QED) is 0.612. The van der Waals surface area contributed by atoms with E-state index in [1.165, 1.54) is 7.11 Å². The average molecular weight is 410 g/mol. The summed E-state index contributed by atoms with van der Waals surface area (Å²) in [5.74, 6) is 2.71. The minimum absolute atomic E-state index is 0.114. The molecule has 11 nitrogen and oxygen atoms in total. The topological polar surface area (TPSA) is 133 Å². The third-order valence-electron chi connectivity index (χ3n) is 4.47. The van der Waals surface area contributed by atoms with Gasteiger partial charge in [-0.3, -0.25) is 0 Å². The van der Waals surface area contributed by atoms with Gasteiger partial charge in [0.1, 0.15) is 11.6 Å². The summed E-state index contributed by atoms with van der Waals surface area (Å²) in [5.41, 5.74) is 6.99. The van der Waals surface area contributed by atoms with E-state index < -0.39 is 0 Å². The Morgan fingerprint density at radius 2 is 1.87 bits per heavy atom. The Balaban J connectivity index is 1.74. The maximum atomic E-state index is 5.69. The summed E-state index contributed by atoms with van der Waals surface area (Å²) in [6.45, 7) is 2.74. The number of hydrogen-bond donors (Lipinski definition) is 2. The van der Waals surface area contributed by atoms with Gasteiger partial charge in [0, 0.05) is 31.4 Å². The molecule has 0 aromatic carbocycles. The molecule has 0 radical (unpaired) electrons. The molecule has 4 rings (SSSR count). The molecule has 0 saturated carbocycles. The fourth-order valence-corrected chi connectivity index (χ4v) is 2.98. The van der Waals surface area contributed by atoms with E-state index in [9.17, 15) is 0 Å². The second-order valence-corrected chi connectivity index (χ2v) is 6.40. The van der Waals surface area contributed by atoms with Gasteiger partial charge >= 0.3 is 0 Å². The number of pyridine rings is 1. The van der Waals surface area contributed by atoms with Gasteiger partial charge in [-0.05, 0) is 6.07 Å². The summed E-state index contributed by atoms with van der Waals surface area (Å²) in [6.07, 6.45) is 3.22. The molecule has 0 spiro atoms. The van der Waals surface area contributed by atoms with Crippen molar-refractivity contribution < 1.29 is 14.2 Å². The van der Waals surface area contributed by atoms with E-state index in [0.29, 0.717) is 42.2 Å². The minimum atomic E-state index is 0.114. The van der Waals surface area contributed by atoms with Crippen LogP contribution in [0.4, 0.5) is 23.3 Å². The molecule has 4 heterocycles. The van der Waals surface area contributed by atoms with E-state index in [1.54, 1.807) is 25.6 Å². The van der Waals surface area contributed by atoms with Crippen molar-refractivity contribution in [3.05, 3.63) is 30.6 Å². The number of aromatic nitrogens is 5. The lowest BCUT2D eigenvalue weighted by Gasteiger charge is -2.28. The van der Waals surface area contributed by atoms with E-state index in [0.717, 1.165) is 24.6 Å². The third kappa shape index (κ3) is 4.30. The van der Waals surface area contributed by atoms with Gasteiger partial charge in [-0.25, -0.2) is 19.9 Å². The van der Waals surface area contributed by atoms with E-state index in [1.807, 2.05) is 12.1 Å². The fourth-order valence-electron chi connectivity index (χ4n) is 2.98. The average Bonchev–Trinajstić information content (AvgIpc) is 2.80. The Morgan fingerprint density at radius 3 is 2.57 bits per heavy atom. The lowest BCUT2D eigenvalue weighted by molar-refractivity contribution is 0.122. The Hall–Kier alpha value is -3.73. The largest absolute Gasteiger partial charge is 0.481 e. The Labute approximate surface area is 173 Å². The summed E-state index contributed by atoms with van der Waals surface area (Å²) < 4.78 is 15.9. The van der Waals surface area contributed by atoms with Crippen LogP contribution in [0, 0.1) is 0 Å². The first-order valence-corrected chi connectivity index (χ1v) is 9.32. The Morgan fingerprint density at radius 1 is 1.03 bits per heavy atom. The lowest BCUT2D eigenvalue weighted by atomic mass is 10.3. The maximum Gasteiger partial charge on any atom is 0.229 e. The highest BCUT2D eigenvalue weighted by molar-refractivity contribution is 5.68. The van der Waals surface area contributed by atoms with Crippen LogP contribution in [0.5, 0.6) is 11.8 Å². The highest BCUT2D eigenvalue weighted by atomic mass is 16.5. The number of nitrogens with zero attached hydrogens (tertiary/aromatic N) is 6. The predicted molar refractivity (Wildman–Crippen MR) is 111 cm³/mol. The van der Waals surface area contributed by atoms with Gasteiger partial charge in [0.25, 0.3) is 0 Å².